The number of aliphatic imine (C=N–C) groups is 3. The minimum Gasteiger partial charge on any atom is -0.511 e. The van der Waals surface area contributed by atoms with Crippen molar-refractivity contribution in [2.75, 3.05) is 13.7 Å². The molecule has 228 valence electrons. The molecule has 3 N–H and O–H groups in total. The molecule has 0 saturated heterocycles. The lowest BCUT2D eigenvalue weighted by Crippen LogP contribution is -2.30. The van der Waals surface area contributed by atoms with Crippen LogP contribution in [0.25, 0.3) is 12.2 Å². The molecule has 0 fully saturated rings. The molecule has 44 heavy (non-hydrogen) atoms. The second-order valence-electron chi connectivity index (χ2n) is 12.0. The van der Waals surface area contributed by atoms with Gasteiger partial charge in [0.2, 0.25) is 0 Å². The molecule has 0 amide bonds. The number of aliphatic hydroxyl groups excluding tert-OH is 2. The number of aromatic nitrogens is 1. The van der Waals surface area contributed by atoms with Crippen LogP contribution in [0.1, 0.15) is 75.9 Å². The highest BCUT2D eigenvalue weighted by Crippen LogP contribution is 2.43. The Morgan fingerprint density at radius 3 is 2.50 bits per heavy atom. The second kappa shape index (κ2) is 11.3. The summed E-state index contributed by atoms with van der Waals surface area (Å²) in [5, 5.41) is 21.3. The van der Waals surface area contributed by atoms with Gasteiger partial charge in [-0.05, 0) is 86.1 Å². The van der Waals surface area contributed by atoms with E-state index < -0.39 is 0 Å². The molecule has 4 aliphatic heterocycles. The molecule has 2 unspecified atom stereocenters. The Kier molecular flexibility index (Phi) is 7.61. The first-order valence-corrected chi connectivity index (χ1v) is 15.3. The first-order chi connectivity index (χ1) is 21.1. The van der Waals surface area contributed by atoms with Crippen molar-refractivity contribution in [3.63, 3.8) is 0 Å². The lowest BCUT2D eigenvalue weighted by Gasteiger charge is -2.23. The lowest BCUT2D eigenvalue weighted by molar-refractivity contribution is -0.140. The van der Waals surface area contributed by atoms with Crippen LogP contribution in [0, 0.1) is 18.8 Å². The molecule has 0 aromatic carbocycles. The van der Waals surface area contributed by atoms with Crippen LogP contribution in [0.15, 0.2) is 71.8 Å². The predicted molar refractivity (Wildman–Crippen MR) is 172 cm³/mol. The minimum absolute atomic E-state index is 0.000824. The molecule has 1 aliphatic carbocycles. The summed E-state index contributed by atoms with van der Waals surface area (Å²) >= 11 is 0. The van der Waals surface area contributed by atoms with Gasteiger partial charge in [0, 0.05) is 47.5 Å². The standard InChI is InChI=1S/C35H38N4O5/c1-7-20-16(2)24-13-28-21(10-11-40)17(3)23(37-28)12-25-18(4)22(8-9-31(43)44-6)34(38-25)33-30(42)15-29(41)32-19(5)26(39-35(32)33)14-27(20)36-24/h12-14,18,22,36,40,42H,7-11,15H2,1-6H3. The maximum Gasteiger partial charge on any atom is 0.305 e. The molecule has 5 heterocycles. The van der Waals surface area contributed by atoms with Crippen molar-refractivity contribution < 1.29 is 24.5 Å². The summed E-state index contributed by atoms with van der Waals surface area (Å²) in [6.45, 7) is 10.2. The molecule has 0 spiro atoms. The SMILES string of the molecule is CCc1c2[nH]c(c1C)C=C1N=C(C=C3N=C(C4=C(O)CC(=O)C5=C(C)C(=C2)N=C45)C(CCC(=O)OC)C3C)C(C)=C1CCO. The largest absolute Gasteiger partial charge is 0.511 e. The van der Waals surface area contributed by atoms with Gasteiger partial charge in [0.1, 0.15) is 5.76 Å². The highest BCUT2D eigenvalue weighted by Gasteiger charge is 2.43. The van der Waals surface area contributed by atoms with Gasteiger partial charge in [-0.1, -0.05) is 13.8 Å². The number of nitrogens with zero attached hydrogens (tertiary/aromatic N) is 3. The number of H-pyrrole nitrogens is 1. The number of Topliss-reactive ketones (excluding diaryl/α,β-unsaturated/α-hetero) is 1. The van der Waals surface area contributed by atoms with Gasteiger partial charge in [-0.15, -0.1) is 0 Å². The first kappa shape index (κ1) is 29.7. The molecule has 5 aliphatic rings. The van der Waals surface area contributed by atoms with Gasteiger partial charge in [-0.2, -0.15) is 0 Å². The Hall–Kier alpha value is -4.37. The van der Waals surface area contributed by atoms with Crippen LogP contribution < -0.4 is 0 Å². The van der Waals surface area contributed by atoms with Gasteiger partial charge in [0.05, 0.1) is 47.6 Å². The van der Waals surface area contributed by atoms with E-state index in [4.69, 9.17) is 19.7 Å². The molecule has 1 aromatic heterocycles. The maximum absolute atomic E-state index is 13.3. The molecule has 1 aromatic rings. The fourth-order valence-electron chi connectivity index (χ4n) is 7.03. The molecule has 8 bridgehead atoms. The number of hydrogen-bond donors (Lipinski definition) is 3. The highest BCUT2D eigenvalue weighted by atomic mass is 16.5. The van der Waals surface area contributed by atoms with E-state index in [0.29, 0.717) is 41.1 Å². The fourth-order valence-corrected chi connectivity index (χ4v) is 7.03. The number of fused-ring (bicyclic) bond motifs is 6. The third-order valence-electron chi connectivity index (χ3n) is 9.57. The smallest absolute Gasteiger partial charge is 0.305 e. The number of esters is 1. The number of aromatic amines is 1. The van der Waals surface area contributed by atoms with Gasteiger partial charge < -0.3 is 19.9 Å². The number of carbonyl (C=O) groups is 2. The van der Waals surface area contributed by atoms with Gasteiger partial charge >= 0.3 is 5.97 Å². The van der Waals surface area contributed by atoms with E-state index in [9.17, 15) is 19.8 Å². The summed E-state index contributed by atoms with van der Waals surface area (Å²) in [5.41, 5.74) is 11.8. The monoisotopic (exact) mass is 594 g/mol. The number of ether oxygens (including phenoxy) is 1. The Morgan fingerprint density at radius 2 is 1.80 bits per heavy atom. The number of allylic oxidation sites excluding steroid dienone is 8. The zero-order valence-electron chi connectivity index (χ0n) is 26.1. The maximum atomic E-state index is 13.3. The molecule has 9 nitrogen and oxygen atoms in total. The number of nitrogens with one attached hydrogen (secondary N) is 1. The zero-order chi connectivity index (χ0) is 31.4. The highest BCUT2D eigenvalue weighted by molar-refractivity contribution is 6.42. The van der Waals surface area contributed by atoms with Crippen molar-refractivity contribution in [2.45, 2.75) is 66.7 Å². The van der Waals surface area contributed by atoms with Crippen molar-refractivity contribution in [1.82, 2.24) is 4.98 Å². The summed E-state index contributed by atoms with van der Waals surface area (Å²) in [7, 11) is 1.37. The van der Waals surface area contributed by atoms with Crippen LogP contribution in [0.2, 0.25) is 0 Å². The van der Waals surface area contributed by atoms with Crippen LogP contribution in [0.3, 0.4) is 0 Å². The van der Waals surface area contributed by atoms with E-state index in [2.05, 4.69) is 25.8 Å². The Labute approximate surface area is 256 Å². The summed E-state index contributed by atoms with van der Waals surface area (Å²) < 4.78 is 4.94. The van der Waals surface area contributed by atoms with E-state index in [-0.39, 0.29) is 48.8 Å². The van der Waals surface area contributed by atoms with E-state index in [1.54, 1.807) is 0 Å². The number of methoxy groups -OCH3 is 1. The van der Waals surface area contributed by atoms with Gasteiger partial charge in [-0.3, -0.25) is 14.6 Å². The number of aliphatic hydroxyl groups is 2. The van der Waals surface area contributed by atoms with Crippen molar-refractivity contribution in [1.29, 1.82) is 0 Å². The Morgan fingerprint density at radius 1 is 1.05 bits per heavy atom. The number of ketones is 1. The average Bonchev–Trinajstić information content (AvgIpc) is 3.66. The molecule has 6 rings (SSSR count). The zero-order valence-corrected chi connectivity index (χ0v) is 26.1. The van der Waals surface area contributed by atoms with Crippen molar-refractivity contribution >= 4 is 41.0 Å². The minimum atomic E-state index is -0.321. The van der Waals surface area contributed by atoms with Crippen LogP contribution in [0.5, 0.6) is 0 Å². The third kappa shape index (κ3) is 4.70. The van der Waals surface area contributed by atoms with Crippen molar-refractivity contribution in [2.24, 2.45) is 26.8 Å². The summed E-state index contributed by atoms with van der Waals surface area (Å²) in [5.74, 6) is -0.890. The van der Waals surface area contributed by atoms with Crippen molar-refractivity contribution in [3.8, 4) is 0 Å². The van der Waals surface area contributed by atoms with E-state index in [1.165, 1.54) is 7.11 Å². The average molecular weight is 595 g/mol. The molecule has 9 heteroatoms. The summed E-state index contributed by atoms with van der Waals surface area (Å²) in [6.07, 6.45) is 7.76. The van der Waals surface area contributed by atoms with Gasteiger partial charge in [-0.25, -0.2) is 9.98 Å². The first-order valence-electron chi connectivity index (χ1n) is 15.3. The van der Waals surface area contributed by atoms with Crippen LogP contribution >= 0.6 is 0 Å². The number of hydrogen-bond acceptors (Lipinski definition) is 8. The Bertz CT molecular complexity index is 1800. The molecule has 0 radical (unpaired) electrons. The Balaban J connectivity index is 1.64. The topological polar surface area (TPSA) is 137 Å². The fraction of sp³-hybridized carbons (Fsp3) is 0.400. The third-order valence-corrected chi connectivity index (χ3v) is 9.57. The predicted octanol–water partition coefficient (Wildman–Crippen LogP) is 5.83. The normalized spacial score (nSPS) is 22.7. The quantitative estimate of drug-likeness (QED) is 0.356. The molecular formula is C35H38N4O5. The van der Waals surface area contributed by atoms with Crippen LogP contribution in [-0.2, 0) is 20.7 Å². The lowest BCUT2D eigenvalue weighted by atomic mass is 9.78. The van der Waals surface area contributed by atoms with Gasteiger partial charge in [0.25, 0.3) is 0 Å². The van der Waals surface area contributed by atoms with Gasteiger partial charge in [0.15, 0.2) is 5.78 Å². The molecule has 0 saturated carbocycles. The molecular weight excluding hydrogens is 556 g/mol. The summed E-state index contributed by atoms with van der Waals surface area (Å²) in [6, 6.07) is 0. The number of rotatable bonds is 6. The van der Waals surface area contributed by atoms with E-state index in [0.717, 1.165) is 62.8 Å². The molecule has 2 atom stereocenters. The van der Waals surface area contributed by atoms with E-state index in [1.807, 2.05) is 32.1 Å². The second-order valence-corrected chi connectivity index (χ2v) is 12.0. The van der Waals surface area contributed by atoms with Crippen LogP contribution in [-0.4, -0.2) is 57.8 Å². The van der Waals surface area contributed by atoms with Crippen molar-refractivity contribution in [3.05, 3.63) is 79.3 Å². The summed E-state index contributed by atoms with van der Waals surface area (Å²) in [4.78, 5) is 44.2. The van der Waals surface area contributed by atoms with E-state index >= 15 is 0 Å². The number of carbonyl (C=O) groups excluding carboxylic acids is 2. The van der Waals surface area contributed by atoms with Crippen LogP contribution in [0.4, 0.5) is 0 Å².